The van der Waals surface area contributed by atoms with Gasteiger partial charge in [0.1, 0.15) is 11.6 Å². The molecule has 120 valence electrons. The normalized spacial score (nSPS) is 30.0. The molecule has 1 aromatic carbocycles. The van der Waals surface area contributed by atoms with Crippen LogP contribution in [0.1, 0.15) is 54.4 Å². The Labute approximate surface area is 128 Å². The highest BCUT2D eigenvalue weighted by atomic mass is 19.1. The first kappa shape index (κ1) is 15.4. The van der Waals surface area contributed by atoms with Crippen molar-refractivity contribution in [2.75, 3.05) is 6.61 Å². The Bertz CT molecular complexity index is 579. The zero-order valence-electron chi connectivity index (χ0n) is 12.3. The molecule has 0 heterocycles. The first-order chi connectivity index (χ1) is 10.5. The summed E-state index contributed by atoms with van der Waals surface area (Å²) in [4.78, 5) is 10.9. The lowest BCUT2D eigenvalue weighted by Gasteiger charge is -2.36. The Morgan fingerprint density at radius 3 is 2.55 bits per heavy atom. The number of aliphatic hydroxyl groups excluding tert-OH is 1. The largest absolute Gasteiger partial charge is 0.478 e. The van der Waals surface area contributed by atoms with Crippen molar-refractivity contribution >= 4 is 5.97 Å². The lowest BCUT2D eigenvalue weighted by Crippen LogP contribution is -2.32. The molecule has 0 spiro atoms. The van der Waals surface area contributed by atoms with Crippen molar-refractivity contribution in [1.29, 1.82) is 0 Å². The minimum Gasteiger partial charge on any atom is -0.478 e. The SMILES string of the molecule is O=C(O)c1cc(F)c(C23CCC(CC2CCCO)C3)c(F)c1. The topological polar surface area (TPSA) is 57.5 Å². The number of halogens is 2. The van der Waals surface area contributed by atoms with Crippen molar-refractivity contribution < 1.29 is 23.8 Å². The van der Waals surface area contributed by atoms with Crippen LogP contribution in [0.5, 0.6) is 0 Å². The molecule has 3 atom stereocenters. The second kappa shape index (κ2) is 5.61. The molecule has 2 saturated carbocycles. The summed E-state index contributed by atoms with van der Waals surface area (Å²) in [5.41, 5.74) is -0.805. The zero-order chi connectivity index (χ0) is 15.9. The van der Waals surface area contributed by atoms with Gasteiger partial charge in [-0.3, -0.25) is 0 Å². The van der Waals surface area contributed by atoms with Gasteiger partial charge in [-0.25, -0.2) is 13.6 Å². The fourth-order valence-corrected chi connectivity index (χ4v) is 4.72. The fourth-order valence-electron chi connectivity index (χ4n) is 4.72. The van der Waals surface area contributed by atoms with Crippen LogP contribution in [0.15, 0.2) is 12.1 Å². The van der Waals surface area contributed by atoms with Gasteiger partial charge in [0.05, 0.1) is 5.56 Å². The maximum atomic E-state index is 14.5. The minimum atomic E-state index is -1.32. The van der Waals surface area contributed by atoms with E-state index < -0.39 is 23.0 Å². The van der Waals surface area contributed by atoms with Crippen LogP contribution in [0.2, 0.25) is 0 Å². The van der Waals surface area contributed by atoms with Gasteiger partial charge in [0, 0.05) is 17.6 Å². The number of carboxylic acids is 1. The van der Waals surface area contributed by atoms with Crippen LogP contribution in [-0.4, -0.2) is 22.8 Å². The van der Waals surface area contributed by atoms with Crippen molar-refractivity contribution in [2.45, 2.75) is 43.9 Å². The van der Waals surface area contributed by atoms with Gasteiger partial charge in [0.2, 0.25) is 0 Å². The summed E-state index contributed by atoms with van der Waals surface area (Å²) in [6, 6.07) is 1.87. The Morgan fingerprint density at radius 1 is 1.32 bits per heavy atom. The molecule has 2 aliphatic rings. The molecule has 3 unspecified atom stereocenters. The summed E-state index contributed by atoms with van der Waals surface area (Å²) in [7, 11) is 0. The van der Waals surface area contributed by atoms with E-state index in [1.165, 1.54) is 0 Å². The number of carbonyl (C=O) groups is 1. The monoisotopic (exact) mass is 310 g/mol. The van der Waals surface area contributed by atoms with Gasteiger partial charge in [-0.15, -0.1) is 0 Å². The van der Waals surface area contributed by atoms with Crippen LogP contribution in [0.4, 0.5) is 8.78 Å². The van der Waals surface area contributed by atoms with E-state index >= 15 is 0 Å². The molecule has 1 aromatic rings. The van der Waals surface area contributed by atoms with Gasteiger partial charge in [-0.2, -0.15) is 0 Å². The molecule has 2 bridgehead atoms. The number of carboxylic acid groups (broad SMARTS) is 1. The first-order valence-electron chi connectivity index (χ1n) is 7.81. The van der Waals surface area contributed by atoms with Crippen LogP contribution < -0.4 is 0 Å². The standard InChI is InChI=1S/C17H20F2O3/c18-13-7-11(16(21)22)8-14(19)15(13)17-4-3-10(9-17)6-12(17)2-1-5-20/h7-8,10,12,20H,1-6,9H2,(H,21,22). The summed E-state index contributed by atoms with van der Waals surface area (Å²) in [5, 5.41) is 18.0. The van der Waals surface area contributed by atoms with Crippen molar-refractivity contribution in [1.82, 2.24) is 0 Å². The number of hydrogen-bond acceptors (Lipinski definition) is 2. The van der Waals surface area contributed by atoms with Gasteiger partial charge >= 0.3 is 5.97 Å². The quantitative estimate of drug-likeness (QED) is 0.875. The van der Waals surface area contributed by atoms with Gasteiger partial charge in [0.25, 0.3) is 0 Å². The molecule has 22 heavy (non-hydrogen) atoms. The molecule has 3 rings (SSSR count). The third-order valence-corrected chi connectivity index (χ3v) is 5.55. The summed E-state index contributed by atoms with van der Waals surface area (Å²) in [6.07, 6.45) is 4.81. The predicted molar refractivity (Wildman–Crippen MR) is 76.8 cm³/mol. The number of rotatable bonds is 5. The molecular formula is C17H20F2O3. The molecule has 0 radical (unpaired) electrons. The minimum absolute atomic E-state index is 0.0699. The van der Waals surface area contributed by atoms with Crippen LogP contribution >= 0.6 is 0 Å². The molecule has 0 saturated heterocycles. The number of aliphatic hydroxyl groups is 1. The molecule has 2 fully saturated rings. The Hall–Kier alpha value is -1.49. The van der Waals surface area contributed by atoms with E-state index in [9.17, 15) is 13.6 Å². The molecule has 5 heteroatoms. The third-order valence-electron chi connectivity index (χ3n) is 5.55. The van der Waals surface area contributed by atoms with Crippen LogP contribution in [0, 0.1) is 23.5 Å². The summed E-state index contributed by atoms with van der Waals surface area (Å²) >= 11 is 0. The molecular weight excluding hydrogens is 290 g/mol. The fraction of sp³-hybridized carbons (Fsp3) is 0.588. The van der Waals surface area contributed by atoms with Gasteiger partial charge in [0.15, 0.2) is 0 Å². The second-order valence-electron chi connectivity index (χ2n) is 6.68. The number of hydrogen-bond donors (Lipinski definition) is 2. The number of aromatic carboxylic acids is 1. The van der Waals surface area contributed by atoms with E-state index in [0.29, 0.717) is 12.3 Å². The van der Waals surface area contributed by atoms with Gasteiger partial charge in [-0.05, 0) is 62.5 Å². The van der Waals surface area contributed by atoms with E-state index in [1.807, 2.05) is 0 Å². The Kier molecular flexibility index (Phi) is 3.93. The van der Waals surface area contributed by atoms with Crippen molar-refractivity contribution in [3.8, 4) is 0 Å². The Morgan fingerprint density at radius 2 is 2.00 bits per heavy atom. The average Bonchev–Trinajstić information content (AvgIpc) is 3.02. The van der Waals surface area contributed by atoms with E-state index in [-0.39, 0.29) is 23.7 Å². The number of fused-ring (bicyclic) bond motifs is 2. The highest BCUT2D eigenvalue weighted by Gasteiger charge is 2.54. The highest BCUT2D eigenvalue weighted by molar-refractivity contribution is 5.87. The maximum Gasteiger partial charge on any atom is 0.335 e. The molecule has 3 nitrogen and oxygen atoms in total. The van der Waals surface area contributed by atoms with Crippen LogP contribution in [0.25, 0.3) is 0 Å². The highest BCUT2D eigenvalue weighted by Crippen LogP contribution is 2.60. The maximum absolute atomic E-state index is 14.5. The van der Waals surface area contributed by atoms with E-state index in [4.69, 9.17) is 10.2 Å². The molecule has 0 aromatic heterocycles. The summed E-state index contributed by atoms with van der Waals surface area (Å²) in [6.45, 7) is 0.0835. The third kappa shape index (κ3) is 2.32. The van der Waals surface area contributed by atoms with E-state index in [0.717, 1.165) is 44.2 Å². The van der Waals surface area contributed by atoms with E-state index in [1.54, 1.807) is 0 Å². The Balaban J connectivity index is 2.03. The zero-order valence-corrected chi connectivity index (χ0v) is 12.3. The first-order valence-corrected chi connectivity index (χ1v) is 7.81. The lowest BCUT2D eigenvalue weighted by molar-refractivity contribution is 0.0695. The smallest absolute Gasteiger partial charge is 0.335 e. The van der Waals surface area contributed by atoms with Crippen molar-refractivity contribution in [3.05, 3.63) is 34.9 Å². The summed E-state index contributed by atoms with van der Waals surface area (Å²) < 4.78 is 29.0. The molecule has 2 aliphatic carbocycles. The summed E-state index contributed by atoms with van der Waals surface area (Å²) in [5.74, 6) is -2.16. The average molecular weight is 310 g/mol. The lowest BCUT2D eigenvalue weighted by atomic mass is 9.68. The second-order valence-corrected chi connectivity index (χ2v) is 6.68. The van der Waals surface area contributed by atoms with Crippen LogP contribution in [-0.2, 0) is 5.41 Å². The molecule has 0 amide bonds. The van der Waals surface area contributed by atoms with Gasteiger partial charge < -0.3 is 10.2 Å². The van der Waals surface area contributed by atoms with E-state index in [2.05, 4.69) is 0 Å². The predicted octanol–water partition coefficient (Wildman–Crippen LogP) is 3.49. The van der Waals surface area contributed by atoms with Crippen molar-refractivity contribution in [3.63, 3.8) is 0 Å². The number of benzene rings is 1. The molecule has 0 aliphatic heterocycles. The van der Waals surface area contributed by atoms with Gasteiger partial charge in [-0.1, -0.05) is 0 Å². The van der Waals surface area contributed by atoms with Crippen LogP contribution in [0.3, 0.4) is 0 Å². The molecule has 2 N–H and O–H groups in total. The van der Waals surface area contributed by atoms with Crippen molar-refractivity contribution in [2.24, 2.45) is 11.8 Å².